The van der Waals surface area contributed by atoms with Crippen LogP contribution in [0.3, 0.4) is 0 Å². The van der Waals surface area contributed by atoms with E-state index in [-0.39, 0.29) is 5.75 Å². The number of aliphatic hydroxyl groups is 1. The highest BCUT2D eigenvalue weighted by Gasteiger charge is 2.18. The summed E-state index contributed by atoms with van der Waals surface area (Å²) in [5, 5.41) is 9.26. The minimum absolute atomic E-state index is 0.109. The van der Waals surface area contributed by atoms with Crippen LogP contribution in [-0.2, 0) is 0 Å². The normalized spacial score (nSPS) is 12.3. The molecule has 0 saturated carbocycles. The number of aliphatic hydroxyl groups excluding tert-OH is 1. The van der Waals surface area contributed by atoms with Crippen molar-refractivity contribution < 1.29 is 18.6 Å². The minimum atomic E-state index is -1.37. The van der Waals surface area contributed by atoms with E-state index in [1.807, 2.05) is 0 Å². The minimum Gasteiger partial charge on any atom is -0.494 e. The summed E-state index contributed by atoms with van der Waals surface area (Å²) in [6.45, 7) is 3.25. The van der Waals surface area contributed by atoms with Gasteiger partial charge in [0.15, 0.2) is 11.6 Å². The lowest BCUT2D eigenvalue weighted by Crippen LogP contribution is -2.03. The highest BCUT2D eigenvalue weighted by atomic mass is 19.1. The summed E-state index contributed by atoms with van der Waals surface area (Å²) in [5.74, 6) is -1.84. The van der Waals surface area contributed by atoms with Crippen LogP contribution < -0.4 is 4.74 Å². The van der Waals surface area contributed by atoms with Crippen molar-refractivity contribution in [3.8, 4) is 5.75 Å². The molecule has 0 radical (unpaired) electrons. The average Bonchev–Trinajstić information content (AvgIpc) is 2.18. The Hall–Kier alpha value is -1.42. The fourth-order valence-electron chi connectivity index (χ4n) is 1.10. The van der Waals surface area contributed by atoms with Crippen molar-refractivity contribution in [1.82, 2.24) is 0 Å². The van der Waals surface area contributed by atoms with Crippen LogP contribution in [0.25, 0.3) is 0 Å². The zero-order chi connectivity index (χ0) is 10.7. The molecule has 4 heteroatoms. The first-order chi connectivity index (χ1) is 6.61. The molecule has 76 valence electrons. The molecule has 0 aliphatic heterocycles. The summed E-state index contributed by atoms with van der Waals surface area (Å²) in [6, 6.07) is 2.19. The van der Waals surface area contributed by atoms with Gasteiger partial charge >= 0.3 is 0 Å². The Labute approximate surface area is 80.4 Å². The zero-order valence-electron chi connectivity index (χ0n) is 7.63. The molecule has 0 aliphatic rings. The SMILES string of the molecule is C=CC(O)c1c(F)ccc(OC)c1F. The molecular formula is C10H10F2O2. The lowest BCUT2D eigenvalue weighted by molar-refractivity contribution is 0.215. The number of halogens is 2. The van der Waals surface area contributed by atoms with Crippen LogP contribution in [0.4, 0.5) is 8.78 Å². The van der Waals surface area contributed by atoms with Crippen molar-refractivity contribution in [2.45, 2.75) is 6.10 Å². The number of methoxy groups -OCH3 is 1. The third-order valence-corrected chi connectivity index (χ3v) is 1.83. The third kappa shape index (κ3) is 1.75. The number of hydrogen-bond acceptors (Lipinski definition) is 2. The molecule has 0 spiro atoms. The van der Waals surface area contributed by atoms with Crippen LogP contribution in [-0.4, -0.2) is 12.2 Å². The maximum Gasteiger partial charge on any atom is 0.174 e. The van der Waals surface area contributed by atoms with Gasteiger partial charge in [-0.1, -0.05) is 6.08 Å². The molecule has 1 rings (SSSR count). The standard InChI is InChI=1S/C10H10F2O2/c1-3-7(13)9-6(11)4-5-8(14-2)10(9)12/h3-5,7,13H,1H2,2H3. The molecule has 0 fully saturated rings. The van der Waals surface area contributed by atoms with Crippen LogP contribution in [0, 0.1) is 11.6 Å². The molecule has 2 nitrogen and oxygen atoms in total. The van der Waals surface area contributed by atoms with E-state index in [2.05, 4.69) is 11.3 Å². The van der Waals surface area contributed by atoms with Gasteiger partial charge in [0.2, 0.25) is 0 Å². The number of benzene rings is 1. The number of rotatable bonds is 3. The molecule has 1 N–H and O–H groups in total. The van der Waals surface area contributed by atoms with Crippen molar-refractivity contribution in [1.29, 1.82) is 0 Å². The van der Waals surface area contributed by atoms with E-state index in [1.54, 1.807) is 0 Å². The Bertz CT molecular complexity index is 350. The van der Waals surface area contributed by atoms with Gasteiger partial charge in [0.05, 0.1) is 12.7 Å². The molecule has 0 aliphatic carbocycles. The largest absolute Gasteiger partial charge is 0.494 e. The van der Waals surface area contributed by atoms with Crippen molar-refractivity contribution in [3.63, 3.8) is 0 Å². The molecule has 0 saturated heterocycles. The molecule has 0 heterocycles. The van der Waals surface area contributed by atoms with Gasteiger partial charge in [-0.2, -0.15) is 0 Å². The van der Waals surface area contributed by atoms with Gasteiger partial charge in [0.1, 0.15) is 11.9 Å². The molecular weight excluding hydrogens is 190 g/mol. The molecule has 1 aromatic rings. The van der Waals surface area contributed by atoms with Crippen molar-refractivity contribution in [3.05, 3.63) is 42.0 Å². The summed E-state index contributed by atoms with van der Waals surface area (Å²) in [4.78, 5) is 0. The third-order valence-electron chi connectivity index (χ3n) is 1.83. The van der Waals surface area contributed by atoms with Crippen LogP contribution >= 0.6 is 0 Å². The number of ether oxygens (including phenoxy) is 1. The van der Waals surface area contributed by atoms with Crippen molar-refractivity contribution >= 4 is 0 Å². The molecule has 1 unspecified atom stereocenters. The maximum absolute atomic E-state index is 13.4. The monoisotopic (exact) mass is 200 g/mol. The molecule has 0 bridgehead atoms. The first kappa shape index (κ1) is 10.7. The molecule has 0 amide bonds. The Morgan fingerprint density at radius 2 is 2.14 bits per heavy atom. The Kier molecular flexibility index (Phi) is 3.19. The number of hydrogen-bond donors (Lipinski definition) is 1. The van der Waals surface area contributed by atoms with E-state index in [0.717, 1.165) is 18.2 Å². The predicted molar refractivity (Wildman–Crippen MR) is 48.1 cm³/mol. The smallest absolute Gasteiger partial charge is 0.174 e. The lowest BCUT2D eigenvalue weighted by Gasteiger charge is -2.11. The van der Waals surface area contributed by atoms with Gasteiger partial charge in [-0.15, -0.1) is 6.58 Å². The maximum atomic E-state index is 13.4. The van der Waals surface area contributed by atoms with Crippen LogP contribution in [0.2, 0.25) is 0 Å². The van der Waals surface area contributed by atoms with Crippen molar-refractivity contribution in [2.75, 3.05) is 7.11 Å². The highest BCUT2D eigenvalue weighted by molar-refractivity contribution is 5.34. The van der Waals surface area contributed by atoms with Gasteiger partial charge in [0.25, 0.3) is 0 Å². The molecule has 0 aromatic heterocycles. The Balaban J connectivity index is 3.31. The van der Waals surface area contributed by atoms with E-state index in [1.165, 1.54) is 7.11 Å². The summed E-state index contributed by atoms with van der Waals surface area (Å²) in [6.07, 6.45) is -0.328. The average molecular weight is 200 g/mol. The van der Waals surface area contributed by atoms with E-state index < -0.39 is 23.3 Å². The van der Waals surface area contributed by atoms with Gasteiger partial charge in [0, 0.05) is 0 Å². The van der Waals surface area contributed by atoms with Gasteiger partial charge in [-0.25, -0.2) is 8.78 Å². The summed E-state index contributed by atoms with van der Waals surface area (Å²) in [5.41, 5.74) is -0.445. The molecule has 1 aromatic carbocycles. The fraction of sp³-hybridized carbons (Fsp3) is 0.200. The first-order valence-electron chi connectivity index (χ1n) is 3.94. The lowest BCUT2D eigenvalue weighted by atomic mass is 10.1. The van der Waals surface area contributed by atoms with Crippen LogP contribution in [0.15, 0.2) is 24.8 Å². The summed E-state index contributed by atoms with van der Waals surface area (Å²) >= 11 is 0. The van der Waals surface area contributed by atoms with E-state index in [4.69, 9.17) is 0 Å². The summed E-state index contributed by atoms with van der Waals surface area (Å²) < 4.78 is 31.1. The van der Waals surface area contributed by atoms with Gasteiger partial charge in [-0.3, -0.25) is 0 Å². The van der Waals surface area contributed by atoms with Crippen LogP contribution in [0.5, 0.6) is 5.75 Å². The summed E-state index contributed by atoms with van der Waals surface area (Å²) in [7, 11) is 1.26. The topological polar surface area (TPSA) is 29.5 Å². The van der Waals surface area contributed by atoms with E-state index in [9.17, 15) is 13.9 Å². The second-order valence-electron chi connectivity index (χ2n) is 2.66. The second kappa shape index (κ2) is 4.19. The quantitative estimate of drug-likeness (QED) is 0.758. The highest BCUT2D eigenvalue weighted by Crippen LogP contribution is 2.28. The van der Waals surface area contributed by atoms with Crippen LogP contribution in [0.1, 0.15) is 11.7 Å². The van der Waals surface area contributed by atoms with E-state index >= 15 is 0 Å². The first-order valence-corrected chi connectivity index (χ1v) is 3.94. The van der Waals surface area contributed by atoms with Gasteiger partial charge in [-0.05, 0) is 12.1 Å². The second-order valence-corrected chi connectivity index (χ2v) is 2.66. The van der Waals surface area contributed by atoms with E-state index in [0.29, 0.717) is 0 Å². The fourth-order valence-corrected chi connectivity index (χ4v) is 1.10. The zero-order valence-corrected chi connectivity index (χ0v) is 7.63. The molecule has 14 heavy (non-hydrogen) atoms. The Morgan fingerprint density at radius 3 is 2.64 bits per heavy atom. The Morgan fingerprint density at radius 1 is 1.50 bits per heavy atom. The predicted octanol–water partition coefficient (Wildman–Crippen LogP) is 2.19. The van der Waals surface area contributed by atoms with Gasteiger partial charge < -0.3 is 9.84 Å². The molecule has 1 atom stereocenters. The van der Waals surface area contributed by atoms with Crippen molar-refractivity contribution in [2.24, 2.45) is 0 Å².